The molecule has 3 rings (SSSR count). The van der Waals surface area contributed by atoms with E-state index in [1.165, 1.54) is 4.68 Å². The summed E-state index contributed by atoms with van der Waals surface area (Å²) in [7, 11) is 1.58. The molecule has 0 spiro atoms. The molecule has 2 aromatic heterocycles. The summed E-state index contributed by atoms with van der Waals surface area (Å²) in [5, 5.41) is 21.9. The third-order valence-electron chi connectivity index (χ3n) is 3.85. The van der Waals surface area contributed by atoms with Crippen LogP contribution in [0.15, 0.2) is 55.3 Å². The number of allylic oxidation sites excluding steroid dienone is 1. The Balaban J connectivity index is 1.63. The zero-order valence-electron chi connectivity index (χ0n) is 15.0. The molecule has 0 radical (unpaired) electrons. The molecule has 8 heteroatoms. The van der Waals surface area contributed by atoms with Crippen LogP contribution in [0.1, 0.15) is 5.56 Å². The minimum atomic E-state index is -0.812. The Hall–Kier alpha value is -3.26. The molecule has 2 heterocycles. The lowest BCUT2D eigenvalue weighted by molar-refractivity contribution is 0.0878. The summed E-state index contributed by atoms with van der Waals surface area (Å²) in [6.45, 7) is 3.97. The average Bonchev–Trinajstić information content (AvgIpc) is 3.15. The molecule has 0 saturated heterocycles. The van der Waals surface area contributed by atoms with Crippen LogP contribution in [-0.2, 0) is 13.0 Å². The lowest BCUT2D eigenvalue weighted by Crippen LogP contribution is -2.25. The average molecular weight is 367 g/mol. The van der Waals surface area contributed by atoms with Crippen LogP contribution in [0, 0.1) is 0 Å². The van der Waals surface area contributed by atoms with Gasteiger partial charge in [0.15, 0.2) is 11.5 Å². The van der Waals surface area contributed by atoms with Gasteiger partial charge in [-0.25, -0.2) is 4.68 Å². The fourth-order valence-electron chi connectivity index (χ4n) is 2.57. The van der Waals surface area contributed by atoms with Gasteiger partial charge in [0.1, 0.15) is 18.4 Å². The number of aliphatic hydroxyl groups excluding tert-OH is 1. The summed E-state index contributed by atoms with van der Waals surface area (Å²) in [4.78, 5) is 4.23. The molecule has 1 aromatic carbocycles. The quantitative estimate of drug-likeness (QED) is 0.577. The number of methoxy groups -OCH3 is 1. The smallest absolute Gasteiger partial charge is 0.200 e. The van der Waals surface area contributed by atoms with Gasteiger partial charge in [-0.2, -0.15) is 0 Å². The summed E-state index contributed by atoms with van der Waals surface area (Å²) in [5.74, 6) is 1.66. The third kappa shape index (κ3) is 4.68. The van der Waals surface area contributed by atoms with Gasteiger partial charge in [-0.1, -0.05) is 18.2 Å². The van der Waals surface area contributed by atoms with Gasteiger partial charge in [0.2, 0.25) is 5.82 Å². The number of hydrogen-bond donors (Lipinski definition) is 1. The van der Waals surface area contributed by atoms with Crippen molar-refractivity contribution in [1.29, 1.82) is 0 Å². The fraction of sp³-hybridized carbons (Fsp3) is 0.263. The summed E-state index contributed by atoms with van der Waals surface area (Å²) in [5.41, 5.74) is 1.71. The SMILES string of the molecule is C=CCc1ccc(OCC(O)Cn2nnnc2-c2ccccn2)c(OC)c1. The van der Waals surface area contributed by atoms with Crippen molar-refractivity contribution in [3.05, 3.63) is 60.8 Å². The molecule has 3 aromatic rings. The maximum atomic E-state index is 10.3. The zero-order chi connectivity index (χ0) is 19.1. The number of tetrazole rings is 1. The van der Waals surface area contributed by atoms with Crippen molar-refractivity contribution >= 4 is 0 Å². The topological polar surface area (TPSA) is 95.2 Å². The van der Waals surface area contributed by atoms with E-state index >= 15 is 0 Å². The number of aromatic nitrogens is 5. The normalized spacial score (nSPS) is 11.8. The molecule has 1 atom stereocenters. The second-order valence-corrected chi connectivity index (χ2v) is 5.84. The number of hydrogen-bond acceptors (Lipinski definition) is 7. The molecule has 0 amide bonds. The van der Waals surface area contributed by atoms with Crippen LogP contribution >= 0.6 is 0 Å². The first-order valence-corrected chi connectivity index (χ1v) is 8.47. The van der Waals surface area contributed by atoms with Crippen molar-refractivity contribution in [3.63, 3.8) is 0 Å². The largest absolute Gasteiger partial charge is 0.493 e. The van der Waals surface area contributed by atoms with E-state index in [-0.39, 0.29) is 13.2 Å². The van der Waals surface area contributed by atoms with Crippen molar-refractivity contribution in [1.82, 2.24) is 25.2 Å². The lowest BCUT2D eigenvalue weighted by atomic mass is 10.1. The predicted molar refractivity (Wildman–Crippen MR) is 99.4 cm³/mol. The standard InChI is InChI=1S/C19H21N5O3/c1-3-6-14-8-9-17(18(11-14)26-2)27-13-15(25)12-24-19(21-22-23-24)16-7-4-5-10-20-16/h3-5,7-11,15,25H,1,6,12-13H2,2H3. The molecule has 0 aliphatic heterocycles. The van der Waals surface area contributed by atoms with Crippen molar-refractivity contribution in [2.75, 3.05) is 13.7 Å². The molecule has 1 unspecified atom stereocenters. The first-order valence-electron chi connectivity index (χ1n) is 8.47. The van der Waals surface area contributed by atoms with E-state index in [2.05, 4.69) is 27.1 Å². The second-order valence-electron chi connectivity index (χ2n) is 5.84. The highest BCUT2D eigenvalue weighted by Crippen LogP contribution is 2.28. The van der Waals surface area contributed by atoms with Crippen LogP contribution in [0.3, 0.4) is 0 Å². The molecular formula is C19H21N5O3. The van der Waals surface area contributed by atoms with Crippen LogP contribution < -0.4 is 9.47 Å². The summed E-state index contributed by atoms with van der Waals surface area (Å²) in [6.07, 6.45) is 3.42. The van der Waals surface area contributed by atoms with Crippen LogP contribution in [-0.4, -0.2) is 50.1 Å². The van der Waals surface area contributed by atoms with E-state index in [4.69, 9.17) is 9.47 Å². The zero-order valence-corrected chi connectivity index (χ0v) is 15.0. The highest BCUT2D eigenvalue weighted by Gasteiger charge is 2.15. The number of nitrogens with zero attached hydrogens (tertiary/aromatic N) is 5. The maximum absolute atomic E-state index is 10.3. The molecular weight excluding hydrogens is 346 g/mol. The number of rotatable bonds is 9. The number of ether oxygens (including phenoxy) is 2. The van der Waals surface area contributed by atoms with Gasteiger partial charge in [0.25, 0.3) is 0 Å². The Morgan fingerprint density at radius 1 is 1.26 bits per heavy atom. The molecule has 0 bridgehead atoms. The first-order chi connectivity index (χ1) is 13.2. The van der Waals surface area contributed by atoms with Crippen molar-refractivity contribution in [2.24, 2.45) is 0 Å². The first kappa shape index (κ1) is 18.5. The summed E-state index contributed by atoms with van der Waals surface area (Å²) in [6, 6.07) is 11.1. The summed E-state index contributed by atoms with van der Waals surface area (Å²) < 4.78 is 12.6. The third-order valence-corrected chi connectivity index (χ3v) is 3.85. The highest BCUT2D eigenvalue weighted by atomic mass is 16.5. The van der Waals surface area contributed by atoms with E-state index in [9.17, 15) is 5.11 Å². The summed E-state index contributed by atoms with van der Waals surface area (Å²) >= 11 is 0. The van der Waals surface area contributed by atoms with Gasteiger partial charge in [0, 0.05) is 6.20 Å². The molecule has 27 heavy (non-hydrogen) atoms. The van der Waals surface area contributed by atoms with Gasteiger partial charge in [-0.05, 0) is 46.7 Å². The van der Waals surface area contributed by atoms with Gasteiger partial charge < -0.3 is 14.6 Å². The highest BCUT2D eigenvalue weighted by molar-refractivity contribution is 5.47. The van der Waals surface area contributed by atoms with Crippen LogP contribution in [0.25, 0.3) is 11.5 Å². The van der Waals surface area contributed by atoms with Gasteiger partial charge >= 0.3 is 0 Å². The Morgan fingerprint density at radius 3 is 2.89 bits per heavy atom. The predicted octanol–water partition coefficient (Wildman–Crippen LogP) is 1.91. The minimum Gasteiger partial charge on any atom is -0.493 e. The Morgan fingerprint density at radius 2 is 2.15 bits per heavy atom. The fourth-order valence-corrected chi connectivity index (χ4v) is 2.57. The number of pyridine rings is 1. The number of aliphatic hydroxyl groups is 1. The molecule has 0 aliphatic rings. The van der Waals surface area contributed by atoms with Crippen molar-refractivity contribution in [3.8, 4) is 23.0 Å². The molecule has 1 N–H and O–H groups in total. The molecule has 0 fully saturated rings. The van der Waals surface area contributed by atoms with E-state index < -0.39 is 6.10 Å². The van der Waals surface area contributed by atoms with E-state index in [1.807, 2.05) is 36.4 Å². The minimum absolute atomic E-state index is 0.0681. The van der Waals surface area contributed by atoms with E-state index in [0.717, 1.165) is 12.0 Å². The molecule has 0 aliphatic carbocycles. The van der Waals surface area contributed by atoms with Crippen molar-refractivity contribution in [2.45, 2.75) is 19.1 Å². The van der Waals surface area contributed by atoms with Crippen LogP contribution in [0.5, 0.6) is 11.5 Å². The number of benzene rings is 1. The van der Waals surface area contributed by atoms with Gasteiger partial charge in [0.05, 0.1) is 13.7 Å². The van der Waals surface area contributed by atoms with Gasteiger partial charge in [-0.3, -0.25) is 4.98 Å². The van der Waals surface area contributed by atoms with Gasteiger partial charge in [-0.15, -0.1) is 11.7 Å². The van der Waals surface area contributed by atoms with Crippen molar-refractivity contribution < 1.29 is 14.6 Å². The van der Waals surface area contributed by atoms with E-state index in [1.54, 1.807) is 19.4 Å². The van der Waals surface area contributed by atoms with Crippen LogP contribution in [0.2, 0.25) is 0 Å². The Kier molecular flexibility index (Phi) is 6.11. The maximum Gasteiger partial charge on any atom is 0.200 e. The lowest BCUT2D eigenvalue weighted by Gasteiger charge is -2.15. The molecule has 8 nitrogen and oxygen atoms in total. The Labute approximate surface area is 157 Å². The Bertz CT molecular complexity index is 882. The second kappa shape index (κ2) is 8.91. The molecule has 0 saturated carbocycles. The van der Waals surface area contributed by atoms with E-state index in [0.29, 0.717) is 23.0 Å². The molecule has 140 valence electrons. The monoisotopic (exact) mass is 367 g/mol. The van der Waals surface area contributed by atoms with Crippen LogP contribution in [0.4, 0.5) is 0 Å².